The summed E-state index contributed by atoms with van der Waals surface area (Å²) < 4.78 is 104. The predicted molar refractivity (Wildman–Crippen MR) is 172 cm³/mol. The number of halogens is 5. The normalized spacial score (nSPS) is 17.2. The fraction of sp³-hybridized carbons (Fsp3) is 0.394. The summed E-state index contributed by atoms with van der Waals surface area (Å²) in [6.45, 7) is -1.49. The minimum Gasteiger partial charge on any atom is -0.487 e. The molecule has 0 aliphatic heterocycles. The Kier molecular flexibility index (Phi) is 10.9. The number of ether oxygens (including phenoxy) is 2. The number of anilines is 3. The Morgan fingerprint density at radius 1 is 0.812 bits per heavy atom. The van der Waals surface area contributed by atoms with Gasteiger partial charge in [0.1, 0.15) is 22.2 Å². The van der Waals surface area contributed by atoms with Gasteiger partial charge in [0, 0.05) is 37.2 Å². The highest BCUT2D eigenvalue weighted by Gasteiger charge is 2.31. The van der Waals surface area contributed by atoms with Crippen molar-refractivity contribution in [3.05, 3.63) is 72.8 Å². The lowest BCUT2D eigenvalue weighted by Crippen LogP contribution is -2.33. The fourth-order valence-electron chi connectivity index (χ4n) is 5.37. The van der Waals surface area contributed by atoms with E-state index >= 15 is 0 Å². The summed E-state index contributed by atoms with van der Waals surface area (Å²) >= 11 is 0. The van der Waals surface area contributed by atoms with Crippen molar-refractivity contribution in [3.63, 3.8) is 0 Å². The van der Waals surface area contributed by atoms with E-state index in [1.165, 1.54) is 0 Å². The number of rotatable bonds is 14. The second-order valence-corrected chi connectivity index (χ2v) is 13.6. The summed E-state index contributed by atoms with van der Waals surface area (Å²) in [6, 6.07) is 20.3. The Morgan fingerprint density at radius 3 is 2.17 bits per heavy atom. The molecule has 1 aliphatic rings. The molecule has 1 aromatic heterocycles. The Hall–Kier alpha value is -4.24. The average molecular weight is 694 g/mol. The monoisotopic (exact) mass is 693 g/mol. The fourth-order valence-corrected chi connectivity index (χ4v) is 6.64. The predicted octanol–water partition coefficient (Wildman–Crippen LogP) is 7.55. The second kappa shape index (κ2) is 14.9. The smallest absolute Gasteiger partial charge is 0.422 e. The minimum atomic E-state index is -4.72. The van der Waals surface area contributed by atoms with E-state index in [0.717, 1.165) is 47.6 Å². The first kappa shape index (κ1) is 35.1. The van der Waals surface area contributed by atoms with Gasteiger partial charge in [0.05, 0.1) is 5.52 Å². The maximum absolute atomic E-state index is 13.3. The third-order valence-corrected chi connectivity index (χ3v) is 9.25. The molecule has 0 bridgehead atoms. The molecule has 3 N–H and O–H groups in total. The third kappa shape index (κ3) is 10.1. The molecule has 1 fully saturated rings. The van der Waals surface area contributed by atoms with Crippen LogP contribution in [0.2, 0.25) is 0 Å². The quantitative estimate of drug-likeness (QED) is 0.116. The van der Waals surface area contributed by atoms with Crippen molar-refractivity contribution >= 4 is 38.4 Å². The number of hydrogen-bond donors (Lipinski definition) is 3. The lowest BCUT2D eigenvalue weighted by molar-refractivity contribution is -0.153. The lowest BCUT2D eigenvalue weighted by Gasteiger charge is -2.29. The number of para-hydroxylation sites is 2. The van der Waals surface area contributed by atoms with E-state index in [4.69, 9.17) is 14.5 Å². The van der Waals surface area contributed by atoms with Gasteiger partial charge in [-0.1, -0.05) is 30.3 Å². The zero-order valence-corrected chi connectivity index (χ0v) is 26.9. The first-order valence-corrected chi connectivity index (χ1v) is 16.9. The molecule has 0 radical (unpaired) electrons. The first-order valence-electron chi connectivity index (χ1n) is 15.4. The van der Waals surface area contributed by atoms with Crippen LogP contribution in [0.1, 0.15) is 32.6 Å². The van der Waals surface area contributed by atoms with Crippen LogP contribution < -0.4 is 24.8 Å². The highest BCUT2D eigenvalue weighted by atomic mass is 32.2. The standard InChI is InChI=1S/C33H36F5N5O4S/c1-32(34,35)20-46-25-15-16-28(47-21-33(36,37)38)29(17-25)48(44,45)40-19-23-13-11-22(12-14-23)18-39-31-42-27-10-6-5-9-26(27)30(43-31)41-24-7-3-2-4-8-24/h2-10,15-17,22-23,40H,11-14,18-21H2,1H3,(H2,39,41,42,43). The molecular weight excluding hydrogens is 657 g/mol. The van der Waals surface area contributed by atoms with Gasteiger partial charge >= 0.3 is 6.18 Å². The highest BCUT2D eigenvalue weighted by Crippen LogP contribution is 2.33. The van der Waals surface area contributed by atoms with Crippen LogP contribution in [-0.2, 0) is 10.0 Å². The first-order chi connectivity index (χ1) is 22.7. The Morgan fingerprint density at radius 2 is 1.48 bits per heavy atom. The van der Waals surface area contributed by atoms with E-state index in [-0.39, 0.29) is 24.1 Å². The molecular formula is C33H36F5N5O4S. The largest absolute Gasteiger partial charge is 0.487 e. The Labute approximate surface area is 275 Å². The molecule has 5 rings (SSSR count). The minimum absolute atomic E-state index is 0.0209. The van der Waals surface area contributed by atoms with E-state index < -0.39 is 46.0 Å². The SMILES string of the molecule is CC(F)(F)COc1ccc(OCC(F)(F)F)c(S(=O)(=O)NCC2CCC(CNc3nc(Nc4ccccc4)c4ccccc4n3)CC2)c1. The van der Waals surface area contributed by atoms with E-state index in [2.05, 4.69) is 20.3 Å². The summed E-state index contributed by atoms with van der Waals surface area (Å²) in [5, 5.41) is 7.60. The summed E-state index contributed by atoms with van der Waals surface area (Å²) in [6.07, 6.45) is -1.70. The van der Waals surface area contributed by atoms with Crippen molar-refractivity contribution in [1.82, 2.24) is 14.7 Å². The van der Waals surface area contributed by atoms with Gasteiger partial charge in [-0.3, -0.25) is 0 Å². The topological polar surface area (TPSA) is 114 Å². The molecule has 4 aromatic rings. The number of benzene rings is 3. The average Bonchev–Trinajstić information content (AvgIpc) is 3.05. The molecule has 258 valence electrons. The zero-order valence-electron chi connectivity index (χ0n) is 26.1. The van der Waals surface area contributed by atoms with Crippen LogP contribution >= 0.6 is 0 Å². The van der Waals surface area contributed by atoms with Crippen LogP contribution in [0.4, 0.5) is 39.4 Å². The number of nitrogens with zero attached hydrogens (tertiary/aromatic N) is 2. The van der Waals surface area contributed by atoms with Crippen LogP contribution in [0, 0.1) is 11.8 Å². The van der Waals surface area contributed by atoms with Crippen LogP contribution in [-0.4, -0.2) is 56.8 Å². The van der Waals surface area contributed by atoms with Crippen LogP contribution in [0.5, 0.6) is 11.5 Å². The second-order valence-electron chi connectivity index (χ2n) is 11.9. The highest BCUT2D eigenvalue weighted by molar-refractivity contribution is 7.89. The van der Waals surface area contributed by atoms with Crippen molar-refractivity contribution in [2.45, 2.75) is 49.6 Å². The van der Waals surface area contributed by atoms with Crippen LogP contribution in [0.15, 0.2) is 77.7 Å². The lowest BCUT2D eigenvalue weighted by atomic mass is 9.82. The maximum atomic E-state index is 13.3. The molecule has 0 unspecified atom stereocenters. The molecule has 0 atom stereocenters. The molecule has 1 heterocycles. The van der Waals surface area contributed by atoms with Crippen molar-refractivity contribution < 1.29 is 39.8 Å². The van der Waals surface area contributed by atoms with Crippen molar-refractivity contribution in [1.29, 1.82) is 0 Å². The van der Waals surface area contributed by atoms with Gasteiger partial charge in [-0.15, -0.1) is 0 Å². The Balaban J connectivity index is 1.17. The molecule has 0 spiro atoms. The van der Waals surface area contributed by atoms with Crippen molar-refractivity contribution in [2.75, 3.05) is 36.9 Å². The van der Waals surface area contributed by atoms with Gasteiger partial charge in [-0.25, -0.2) is 26.9 Å². The molecule has 9 nitrogen and oxygen atoms in total. The van der Waals surface area contributed by atoms with Gasteiger partial charge in [0.15, 0.2) is 13.2 Å². The summed E-state index contributed by atoms with van der Waals surface area (Å²) in [4.78, 5) is 8.76. The van der Waals surface area contributed by atoms with E-state index in [0.29, 0.717) is 38.1 Å². The molecule has 0 saturated heterocycles. The van der Waals surface area contributed by atoms with E-state index in [9.17, 15) is 30.4 Å². The van der Waals surface area contributed by atoms with Crippen molar-refractivity contribution in [3.8, 4) is 11.5 Å². The van der Waals surface area contributed by atoms with Gasteiger partial charge in [-0.05, 0) is 73.9 Å². The number of hydrogen-bond acceptors (Lipinski definition) is 8. The molecule has 1 saturated carbocycles. The molecule has 1 aliphatic carbocycles. The number of sulfonamides is 1. The summed E-state index contributed by atoms with van der Waals surface area (Å²) in [5.74, 6) is -2.59. The molecule has 0 amide bonds. The van der Waals surface area contributed by atoms with E-state index in [1.807, 2.05) is 54.6 Å². The summed E-state index contributed by atoms with van der Waals surface area (Å²) in [7, 11) is -4.38. The van der Waals surface area contributed by atoms with Crippen LogP contribution in [0.25, 0.3) is 10.9 Å². The number of fused-ring (bicyclic) bond motifs is 1. The molecule has 3 aromatic carbocycles. The maximum Gasteiger partial charge on any atom is 0.422 e. The number of aromatic nitrogens is 2. The zero-order chi connectivity index (χ0) is 34.4. The third-order valence-electron chi connectivity index (χ3n) is 7.81. The summed E-state index contributed by atoms with van der Waals surface area (Å²) in [5.41, 5.74) is 1.69. The van der Waals surface area contributed by atoms with Gasteiger partial charge in [-0.2, -0.15) is 18.2 Å². The van der Waals surface area contributed by atoms with Gasteiger partial charge in [0.25, 0.3) is 5.92 Å². The number of nitrogens with one attached hydrogen (secondary N) is 3. The van der Waals surface area contributed by atoms with Crippen molar-refractivity contribution in [2.24, 2.45) is 11.8 Å². The number of alkyl halides is 5. The molecule has 48 heavy (non-hydrogen) atoms. The van der Waals surface area contributed by atoms with Gasteiger partial charge < -0.3 is 20.1 Å². The molecule has 15 heteroatoms. The van der Waals surface area contributed by atoms with E-state index in [1.54, 1.807) is 0 Å². The van der Waals surface area contributed by atoms with Gasteiger partial charge in [0.2, 0.25) is 16.0 Å². The van der Waals surface area contributed by atoms with Crippen LogP contribution in [0.3, 0.4) is 0 Å². The Bertz CT molecular complexity index is 1780.